The zero-order chi connectivity index (χ0) is 14.2. The molecule has 1 saturated carbocycles. The van der Waals surface area contributed by atoms with Crippen LogP contribution in [0.25, 0.3) is 5.65 Å². The predicted molar refractivity (Wildman–Crippen MR) is 81.3 cm³/mol. The third-order valence-corrected chi connectivity index (χ3v) is 3.90. The maximum Gasteiger partial charge on any atom is 0.203 e. The van der Waals surface area contributed by atoms with Gasteiger partial charge >= 0.3 is 0 Å². The van der Waals surface area contributed by atoms with Gasteiger partial charge < -0.3 is 4.90 Å². The molecule has 0 aliphatic heterocycles. The van der Waals surface area contributed by atoms with Gasteiger partial charge in [-0.15, -0.1) is 10.2 Å². The maximum absolute atomic E-state index is 4.50. The molecule has 0 radical (unpaired) electrons. The van der Waals surface area contributed by atoms with E-state index in [4.69, 9.17) is 0 Å². The molecule has 0 bridgehead atoms. The molecule has 5 nitrogen and oxygen atoms in total. The Bertz CT molecular complexity index is 761. The molecule has 0 spiro atoms. The Kier molecular flexibility index (Phi) is 2.84. The van der Waals surface area contributed by atoms with Crippen LogP contribution in [-0.2, 0) is 6.54 Å². The van der Waals surface area contributed by atoms with Crippen LogP contribution in [-0.4, -0.2) is 26.6 Å². The van der Waals surface area contributed by atoms with Crippen LogP contribution in [0.2, 0.25) is 0 Å². The molecular weight excluding hydrogens is 262 g/mol. The average molecular weight is 279 g/mol. The van der Waals surface area contributed by atoms with E-state index in [1.807, 2.05) is 25.5 Å². The summed E-state index contributed by atoms with van der Waals surface area (Å²) in [7, 11) is 2.04. The normalized spacial score (nSPS) is 14.5. The first kappa shape index (κ1) is 12.3. The summed E-state index contributed by atoms with van der Waals surface area (Å²) >= 11 is 0. The van der Waals surface area contributed by atoms with Crippen LogP contribution < -0.4 is 4.90 Å². The van der Waals surface area contributed by atoms with Gasteiger partial charge in [0.1, 0.15) is 5.82 Å². The second kappa shape index (κ2) is 4.84. The van der Waals surface area contributed by atoms with Gasteiger partial charge in [0.05, 0.1) is 0 Å². The minimum Gasteiger partial charge on any atom is -0.352 e. The Morgan fingerprint density at radius 3 is 2.76 bits per heavy atom. The second-order valence-electron chi connectivity index (χ2n) is 5.62. The molecule has 2 aromatic heterocycles. The first-order valence-electron chi connectivity index (χ1n) is 7.27. The minimum absolute atomic E-state index is 0.578. The largest absolute Gasteiger partial charge is 0.352 e. The van der Waals surface area contributed by atoms with Crippen LogP contribution in [0, 0.1) is 0 Å². The fourth-order valence-corrected chi connectivity index (χ4v) is 2.65. The van der Waals surface area contributed by atoms with Crippen LogP contribution in [0.1, 0.15) is 30.1 Å². The van der Waals surface area contributed by atoms with Gasteiger partial charge in [-0.3, -0.25) is 4.40 Å². The lowest BCUT2D eigenvalue weighted by atomic mass is 10.2. The molecule has 0 unspecified atom stereocenters. The van der Waals surface area contributed by atoms with Crippen molar-refractivity contribution in [2.24, 2.45) is 0 Å². The highest BCUT2D eigenvalue weighted by Gasteiger charge is 2.29. The van der Waals surface area contributed by atoms with Gasteiger partial charge in [-0.05, 0) is 18.4 Å². The van der Waals surface area contributed by atoms with Crippen molar-refractivity contribution in [3.05, 3.63) is 54.1 Å². The van der Waals surface area contributed by atoms with Gasteiger partial charge in [-0.2, -0.15) is 0 Å². The number of aromatic nitrogens is 4. The Morgan fingerprint density at radius 1 is 1.19 bits per heavy atom. The summed E-state index contributed by atoms with van der Waals surface area (Å²) in [6, 6.07) is 10.4. The van der Waals surface area contributed by atoms with E-state index in [-0.39, 0.29) is 0 Å². The zero-order valence-electron chi connectivity index (χ0n) is 12.0. The van der Waals surface area contributed by atoms with Crippen LogP contribution in [0.3, 0.4) is 0 Å². The van der Waals surface area contributed by atoms with Crippen molar-refractivity contribution < 1.29 is 0 Å². The molecule has 0 amide bonds. The lowest BCUT2D eigenvalue weighted by Crippen LogP contribution is -2.18. The van der Waals surface area contributed by atoms with Gasteiger partial charge in [0.2, 0.25) is 5.65 Å². The molecule has 0 saturated heterocycles. The molecule has 2 heterocycles. The van der Waals surface area contributed by atoms with Crippen molar-refractivity contribution in [1.29, 1.82) is 0 Å². The summed E-state index contributed by atoms with van der Waals surface area (Å²) in [4.78, 5) is 6.62. The number of hydrogen-bond acceptors (Lipinski definition) is 4. The zero-order valence-corrected chi connectivity index (χ0v) is 12.0. The lowest BCUT2D eigenvalue weighted by Gasteiger charge is -2.18. The number of anilines is 1. The van der Waals surface area contributed by atoms with Crippen LogP contribution in [0.15, 0.2) is 42.7 Å². The van der Waals surface area contributed by atoms with E-state index in [9.17, 15) is 0 Å². The van der Waals surface area contributed by atoms with Crippen LogP contribution in [0.4, 0.5) is 5.82 Å². The third-order valence-electron chi connectivity index (χ3n) is 3.90. The number of rotatable bonds is 4. The van der Waals surface area contributed by atoms with Crippen molar-refractivity contribution in [3.8, 4) is 0 Å². The molecule has 1 aliphatic carbocycles. The fraction of sp³-hybridized carbons (Fsp3) is 0.312. The molecule has 3 aromatic rings. The van der Waals surface area contributed by atoms with Crippen molar-refractivity contribution in [2.45, 2.75) is 25.3 Å². The van der Waals surface area contributed by atoms with Crippen LogP contribution in [0.5, 0.6) is 0 Å². The van der Waals surface area contributed by atoms with Crippen molar-refractivity contribution in [2.75, 3.05) is 11.9 Å². The Balaban J connectivity index is 1.69. The smallest absolute Gasteiger partial charge is 0.203 e. The molecule has 1 fully saturated rings. The van der Waals surface area contributed by atoms with E-state index in [1.165, 1.54) is 18.4 Å². The highest BCUT2D eigenvalue weighted by atomic mass is 15.3. The SMILES string of the molecule is CN(Cc1ccccc1)c1nccn2c(C3CC3)nnc12. The summed E-state index contributed by atoms with van der Waals surface area (Å²) in [5, 5.41) is 8.71. The fourth-order valence-electron chi connectivity index (χ4n) is 2.65. The molecule has 1 aliphatic rings. The second-order valence-corrected chi connectivity index (χ2v) is 5.62. The Hall–Kier alpha value is -2.43. The van der Waals surface area contributed by atoms with Crippen LogP contribution >= 0.6 is 0 Å². The highest BCUT2D eigenvalue weighted by Crippen LogP contribution is 2.39. The maximum atomic E-state index is 4.50. The first-order valence-corrected chi connectivity index (χ1v) is 7.27. The highest BCUT2D eigenvalue weighted by molar-refractivity contribution is 5.63. The predicted octanol–water partition coefficient (Wildman–Crippen LogP) is 2.64. The van der Waals surface area contributed by atoms with E-state index in [2.05, 4.69) is 48.7 Å². The van der Waals surface area contributed by atoms with E-state index in [0.29, 0.717) is 5.92 Å². The van der Waals surface area contributed by atoms with E-state index in [0.717, 1.165) is 23.8 Å². The van der Waals surface area contributed by atoms with Gasteiger partial charge in [0.25, 0.3) is 0 Å². The van der Waals surface area contributed by atoms with Gasteiger partial charge in [0, 0.05) is 31.9 Å². The monoisotopic (exact) mass is 279 g/mol. The molecule has 5 heteroatoms. The van der Waals surface area contributed by atoms with Gasteiger partial charge in [-0.1, -0.05) is 30.3 Å². The summed E-state index contributed by atoms with van der Waals surface area (Å²) < 4.78 is 2.08. The quantitative estimate of drug-likeness (QED) is 0.736. The summed E-state index contributed by atoms with van der Waals surface area (Å²) in [6.45, 7) is 0.805. The Morgan fingerprint density at radius 2 is 2.00 bits per heavy atom. The topological polar surface area (TPSA) is 46.3 Å². The lowest BCUT2D eigenvalue weighted by molar-refractivity contribution is 0.877. The van der Waals surface area contributed by atoms with Crippen molar-refractivity contribution >= 4 is 11.5 Å². The number of benzene rings is 1. The van der Waals surface area contributed by atoms with Gasteiger partial charge in [0.15, 0.2) is 5.82 Å². The van der Waals surface area contributed by atoms with E-state index >= 15 is 0 Å². The Labute approximate surface area is 123 Å². The molecule has 0 atom stereocenters. The standard InChI is InChI=1S/C16H17N5/c1-20(11-12-5-3-2-4-6-12)15-16-19-18-14(13-7-8-13)21(16)10-9-17-15/h2-6,9-10,13H,7-8,11H2,1H3. The molecule has 21 heavy (non-hydrogen) atoms. The van der Waals surface area contributed by atoms with Crippen molar-refractivity contribution in [1.82, 2.24) is 19.6 Å². The summed E-state index contributed by atoms with van der Waals surface area (Å²) in [5.41, 5.74) is 2.10. The van der Waals surface area contributed by atoms with Crippen molar-refractivity contribution in [3.63, 3.8) is 0 Å². The molecule has 4 rings (SSSR count). The minimum atomic E-state index is 0.578. The average Bonchev–Trinajstić information content (AvgIpc) is 3.27. The first-order chi connectivity index (χ1) is 10.3. The van der Waals surface area contributed by atoms with E-state index < -0.39 is 0 Å². The number of hydrogen-bond donors (Lipinski definition) is 0. The van der Waals surface area contributed by atoms with E-state index in [1.54, 1.807) is 0 Å². The third kappa shape index (κ3) is 2.24. The molecule has 0 N–H and O–H groups in total. The molecule has 106 valence electrons. The molecule has 1 aromatic carbocycles. The van der Waals surface area contributed by atoms with Gasteiger partial charge in [-0.25, -0.2) is 4.98 Å². The summed E-state index contributed by atoms with van der Waals surface area (Å²) in [5.74, 6) is 2.53. The number of fused-ring (bicyclic) bond motifs is 1. The number of nitrogens with zero attached hydrogens (tertiary/aromatic N) is 5. The molecular formula is C16H17N5. The summed E-state index contributed by atoms with van der Waals surface area (Å²) in [6.07, 6.45) is 6.23.